The molecule has 25 heavy (non-hydrogen) atoms. The molecule has 0 bridgehead atoms. The molecule has 0 aliphatic carbocycles. The number of nitrogens with zero attached hydrogens (tertiary/aromatic N) is 1. The van der Waals surface area contributed by atoms with E-state index >= 15 is 0 Å². The van der Waals surface area contributed by atoms with Gasteiger partial charge in [0.25, 0.3) is 5.91 Å². The lowest BCUT2D eigenvalue weighted by atomic mass is 9.99. The largest absolute Gasteiger partial charge is 0.465 e. The Morgan fingerprint density at radius 2 is 1.88 bits per heavy atom. The Balaban J connectivity index is 2.17. The minimum Gasteiger partial charge on any atom is -0.465 e. The fraction of sp³-hybridized carbons (Fsp3) is 0.238. The maximum absolute atomic E-state index is 12.9. The molecule has 1 aliphatic rings. The van der Waals surface area contributed by atoms with Crippen LogP contribution in [0.2, 0.25) is 0 Å². The average Bonchev–Trinajstić information content (AvgIpc) is 2.86. The number of rotatable bonds is 4. The van der Waals surface area contributed by atoms with Crippen LogP contribution in [-0.2, 0) is 14.3 Å². The zero-order valence-corrected chi connectivity index (χ0v) is 14.7. The van der Waals surface area contributed by atoms with E-state index in [1.54, 1.807) is 17.9 Å². The highest BCUT2D eigenvalue weighted by atomic mass is 16.5. The Morgan fingerprint density at radius 3 is 2.60 bits per heavy atom. The first kappa shape index (κ1) is 17.0. The van der Waals surface area contributed by atoms with Gasteiger partial charge in [0.1, 0.15) is 0 Å². The zero-order chi connectivity index (χ0) is 18.0. The van der Waals surface area contributed by atoms with Crippen molar-refractivity contribution >= 4 is 28.7 Å². The van der Waals surface area contributed by atoms with Gasteiger partial charge >= 0.3 is 5.97 Å². The van der Waals surface area contributed by atoms with Crippen LogP contribution in [0.5, 0.6) is 0 Å². The van der Waals surface area contributed by atoms with Gasteiger partial charge in [-0.25, -0.2) is 4.79 Å². The number of benzene rings is 2. The Hall–Kier alpha value is -2.88. The normalized spacial score (nSPS) is 16.2. The second-order valence-corrected chi connectivity index (χ2v) is 6.04. The monoisotopic (exact) mass is 335 g/mol. The Labute approximate surface area is 147 Å². The highest BCUT2D eigenvalue weighted by Crippen LogP contribution is 2.33. The van der Waals surface area contributed by atoms with E-state index in [-0.39, 0.29) is 5.91 Å². The number of ether oxygens (including phenoxy) is 1. The van der Waals surface area contributed by atoms with E-state index in [4.69, 9.17) is 4.74 Å². The first-order valence-electron chi connectivity index (χ1n) is 8.39. The topological polar surface area (TPSA) is 46.6 Å². The van der Waals surface area contributed by atoms with E-state index < -0.39 is 5.97 Å². The van der Waals surface area contributed by atoms with Crippen molar-refractivity contribution in [1.82, 2.24) is 4.90 Å². The third kappa shape index (κ3) is 2.95. The molecule has 0 saturated heterocycles. The Bertz CT molecular complexity index is 903. The maximum atomic E-state index is 12.9. The fourth-order valence-corrected chi connectivity index (χ4v) is 3.25. The SMILES string of the molecule is CCCN1C(=O)/C(=C\c2cccc3ccccc23)C(C(=O)OC)=C1C. The number of esters is 1. The van der Waals surface area contributed by atoms with Crippen molar-refractivity contribution in [1.29, 1.82) is 0 Å². The van der Waals surface area contributed by atoms with Crippen LogP contribution < -0.4 is 0 Å². The van der Waals surface area contributed by atoms with Crippen LogP contribution in [0.15, 0.2) is 59.3 Å². The van der Waals surface area contributed by atoms with Crippen LogP contribution in [0.4, 0.5) is 0 Å². The maximum Gasteiger partial charge on any atom is 0.340 e. The van der Waals surface area contributed by atoms with Crippen molar-refractivity contribution in [2.75, 3.05) is 13.7 Å². The molecule has 1 heterocycles. The van der Waals surface area contributed by atoms with Gasteiger partial charge in [0, 0.05) is 12.2 Å². The molecule has 0 spiro atoms. The van der Waals surface area contributed by atoms with Gasteiger partial charge in [0.15, 0.2) is 0 Å². The molecule has 0 atom stereocenters. The predicted octanol–water partition coefficient (Wildman–Crippen LogP) is 3.92. The van der Waals surface area contributed by atoms with E-state index in [2.05, 4.69) is 0 Å². The summed E-state index contributed by atoms with van der Waals surface area (Å²) in [6, 6.07) is 13.9. The van der Waals surface area contributed by atoms with Gasteiger partial charge < -0.3 is 9.64 Å². The second-order valence-electron chi connectivity index (χ2n) is 6.04. The molecule has 0 unspecified atom stereocenters. The number of carbonyl (C=O) groups excluding carboxylic acids is 2. The molecule has 2 aromatic carbocycles. The van der Waals surface area contributed by atoms with Gasteiger partial charge in [-0.15, -0.1) is 0 Å². The first-order valence-corrected chi connectivity index (χ1v) is 8.39. The summed E-state index contributed by atoms with van der Waals surface area (Å²) in [6.07, 6.45) is 2.62. The fourth-order valence-electron chi connectivity index (χ4n) is 3.25. The van der Waals surface area contributed by atoms with Gasteiger partial charge in [0.05, 0.1) is 18.3 Å². The average molecular weight is 335 g/mol. The van der Waals surface area contributed by atoms with Crippen LogP contribution >= 0.6 is 0 Å². The highest BCUT2D eigenvalue weighted by molar-refractivity contribution is 6.17. The van der Waals surface area contributed by atoms with Crippen molar-refractivity contribution < 1.29 is 14.3 Å². The quantitative estimate of drug-likeness (QED) is 0.628. The standard InChI is InChI=1S/C21H21NO3/c1-4-12-22-14(2)19(21(24)25-3)18(20(22)23)13-16-10-7-9-15-8-5-6-11-17(15)16/h5-11,13H,4,12H2,1-3H3/b18-13-. The van der Waals surface area contributed by atoms with Gasteiger partial charge in [-0.2, -0.15) is 0 Å². The van der Waals surface area contributed by atoms with Crippen molar-refractivity contribution in [2.45, 2.75) is 20.3 Å². The molecule has 1 amide bonds. The second kappa shape index (κ2) is 6.93. The molecule has 2 aromatic rings. The van der Waals surface area contributed by atoms with E-state index in [1.807, 2.05) is 49.4 Å². The minimum atomic E-state index is -0.476. The van der Waals surface area contributed by atoms with E-state index in [1.165, 1.54) is 7.11 Å². The molecule has 128 valence electrons. The molecule has 0 fully saturated rings. The lowest BCUT2D eigenvalue weighted by Crippen LogP contribution is -2.25. The summed E-state index contributed by atoms with van der Waals surface area (Å²) in [5.74, 6) is -0.622. The van der Waals surface area contributed by atoms with Crippen molar-refractivity contribution in [3.05, 3.63) is 64.9 Å². The van der Waals surface area contributed by atoms with Gasteiger partial charge in [0.2, 0.25) is 0 Å². The molecule has 0 aromatic heterocycles. The molecule has 0 radical (unpaired) electrons. The summed E-state index contributed by atoms with van der Waals surface area (Å²) in [5.41, 5.74) is 2.32. The number of methoxy groups -OCH3 is 1. The molecule has 1 aliphatic heterocycles. The molecule has 0 saturated carbocycles. The minimum absolute atomic E-state index is 0.146. The summed E-state index contributed by atoms with van der Waals surface area (Å²) in [4.78, 5) is 26.8. The van der Waals surface area contributed by atoms with E-state index in [9.17, 15) is 9.59 Å². The van der Waals surface area contributed by atoms with Crippen molar-refractivity contribution in [2.24, 2.45) is 0 Å². The predicted molar refractivity (Wildman–Crippen MR) is 98.6 cm³/mol. The summed E-state index contributed by atoms with van der Waals surface area (Å²) < 4.78 is 4.92. The van der Waals surface area contributed by atoms with Crippen LogP contribution in [-0.4, -0.2) is 30.4 Å². The van der Waals surface area contributed by atoms with Crippen LogP contribution in [0, 0.1) is 0 Å². The van der Waals surface area contributed by atoms with Gasteiger partial charge in [-0.1, -0.05) is 49.4 Å². The molecule has 4 nitrogen and oxygen atoms in total. The van der Waals surface area contributed by atoms with Crippen LogP contribution in [0.1, 0.15) is 25.8 Å². The first-order chi connectivity index (χ1) is 12.1. The summed E-state index contributed by atoms with van der Waals surface area (Å²) in [5, 5.41) is 2.13. The highest BCUT2D eigenvalue weighted by Gasteiger charge is 2.36. The lowest BCUT2D eigenvalue weighted by Gasteiger charge is -2.16. The van der Waals surface area contributed by atoms with Crippen molar-refractivity contribution in [3.8, 4) is 0 Å². The molecular weight excluding hydrogens is 314 g/mol. The van der Waals surface area contributed by atoms with Gasteiger partial charge in [-0.3, -0.25) is 4.79 Å². The third-order valence-electron chi connectivity index (χ3n) is 4.47. The smallest absolute Gasteiger partial charge is 0.340 e. The van der Waals surface area contributed by atoms with E-state index in [0.717, 1.165) is 22.8 Å². The Kier molecular flexibility index (Phi) is 4.70. The molecule has 4 heteroatoms. The van der Waals surface area contributed by atoms with E-state index in [0.29, 0.717) is 23.4 Å². The number of fused-ring (bicyclic) bond motifs is 1. The van der Waals surface area contributed by atoms with Gasteiger partial charge in [-0.05, 0) is 35.8 Å². The number of allylic oxidation sites excluding steroid dienone is 1. The summed E-state index contributed by atoms with van der Waals surface area (Å²) >= 11 is 0. The number of amides is 1. The molecular formula is C21H21NO3. The molecule has 0 N–H and O–H groups in total. The van der Waals surface area contributed by atoms with Crippen LogP contribution in [0.3, 0.4) is 0 Å². The summed E-state index contributed by atoms with van der Waals surface area (Å²) in [7, 11) is 1.34. The number of carbonyl (C=O) groups is 2. The number of hydrogen-bond donors (Lipinski definition) is 0. The zero-order valence-electron chi connectivity index (χ0n) is 14.7. The van der Waals surface area contributed by atoms with Crippen LogP contribution in [0.25, 0.3) is 16.8 Å². The van der Waals surface area contributed by atoms with Crippen molar-refractivity contribution in [3.63, 3.8) is 0 Å². The Morgan fingerprint density at radius 1 is 1.16 bits per heavy atom. The molecule has 3 rings (SSSR count). The summed E-state index contributed by atoms with van der Waals surface area (Å²) in [6.45, 7) is 4.38. The number of hydrogen-bond acceptors (Lipinski definition) is 3. The third-order valence-corrected chi connectivity index (χ3v) is 4.47. The lowest BCUT2D eigenvalue weighted by molar-refractivity contribution is -0.136.